The molecule has 0 saturated carbocycles. The van der Waals surface area contributed by atoms with Gasteiger partial charge < -0.3 is 19.4 Å². The van der Waals surface area contributed by atoms with Crippen LogP contribution in [0, 0.1) is 5.41 Å². The Morgan fingerprint density at radius 3 is 1.88 bits per heavy atom. The van der Waals surface area contributed by atoms with Gasteiger partial charge in [-0.2, -0.15) is 26.3 Å². The Kier molecular flexibility index (Phi) is 6.88. The Morgan fingerprint density at radius 2 is 1.48 bits per heavy atom. The van der Waals surface area contributed by atoms with Crippen molar-refractivity contribution in [3.05, 3.63) is 0 Å². The van der Waals surface area contributed by atoms with Crippen LogP contribution < -0.4 is 5.11 Å². The number of carboxylic acid groups (broad SMARTS) is 1. The molecule has 0 aromatic carbocycles. The summed E-state index contributed by atoms with van der Waals surface area (Å²) in [7, 11) is 0. The van der Waals surface area contributed by atoms with Gasteiger partial charge in [-0.3, -0.25) is 9.59 Å². The molecule has 0 spiro atoms. The van der Waals surface area contributed by atoms with E-state index < -0.39 is 54.3 Å². The summed E-state index contributed by atoms with van der Waals surface area (Å²) < 4.78 is 84.8. The molecule has 0 atom stereocenters. The number of carbonyl (C=O) groups excluding carboxylic acids is 3. The van der Waals surface area contributed by atoms with Crippen LogP contribution in [0.5, 0.6) is 0 Å². The van der Waals surface area contributed by atoms with E-state index in [1.165, 1.54) is 13.8 Å². The number of halogens is 6. The van der Waals surface area contributed by atoms with E-state index in [-0.39, 0.29) is 0 Å². The van der Waals surface area contributed by atoms with Gasteiger partial charge in [-0.05, 0) is 20.3 Å². The Bertz CT molecular complexity index is 531. The van der Waals surface area contributed by atoms with Crippen molar-refractivity contribution < 1.29 is 55.3 Å². The highest BCUT2D eigenvalue weighted by Gasteiger charge is 2.75. The molecule has 0 N–H and O–H groups in total. The topological polar surface area (TPSA) is 92.7 Å². The second-order valence-electron chi connectivity index (χ2n) is 5.55. The molecule has 25 heavy (non-hydrogen) atoms. The molecule has 146 valence electrons. The molecule has 0 heterocycles. The van der Waals surface area contributed by atoms with E-state index in [0.29, 0.717) is 6.42 Å². The first-order chi connectivity index (χ1) is 11.0. The van der Waals surface area contributed by atoms with E-state index in [2.05, 4.69) is 9.47 Å². The summed E-state index contributed by atoms with van der Waals surface area (Å²) in [5.74, 6) is -19.6. The molecular formula is C13H15F6O6-. The number of ether oxygens (including phenoxy) is 2. The van der Waals surface area contributed by atoms with Crippen molar-refractivity contribution >= 4 is 17.9 Å². The number of esters is 2. The Labute approximate surface area is 138 Å². The van der Waals surface area contributed by atoms with Gasteiger partial charge in [0.25, 0.3) is 0 Å². The Hall–Kier alpha value is -2.01. The molecule has 0 aliphatic rings. The maximum absolute atomic E-state index is 13.1. The van der Waals surface area contributed by atoms with Gasteiger partial charge in [0, 0.05) is 0 Å². The molecule has 0 unspecified atom stereocenters. The maximum atomic E-state index is 13.1. The molecule has 12 heteroatoms. The van der Waals surface area contributed by atoms with E-state index in [1.807, 2.05) is 0 Å². The predicted octanol–water partition coefficient (Wildman–Crippen LogP) is 1.51. The minimum absolute atomic E-state index is 0.332. The van der Waals surface area contributed by atoms with Crippen LogP contribution in [-0.4, -0.2) is 42.5 Å². The SMILES string of the molecule is CCC(C)(C)C(=O)OCCC(=O)OC(F)(F)C(F)(F)C(F)(F)C(=O)[O-]. The fourth-order valence-electron chi connectivity index (χ4n) is 1.14. The van der Waals surface area contributed by atoms with E-state index in [1.54, 1.807) is 6.92 Å². The molecule has 0 rings (SSSR count). The number of alkyl halides is 6. The Morgan fingerprint density at radius 1 is 1.00 bits per heavy atom. The number of carbonyl (C=O) groups is 3. The van der Waals surface area contributed by atoms with Crippen molar-refractivity contribution in [2.75, 3.05) is 6.61 Å². The van der Waals surface area contributed by atoms with Crippen LogP contribution in [0.2, 0.25) is 0 Å². The highest BCUT2D eigenvalue weighted by atomic mass is 19.3. The van der Waals surface area contributed by atoms with Crippen molar-refractivity contribution in [1.29, 1.82) is 0 Å². The standard InChI is InChI=1S/C13H16F6O6/c1-4-10(2,3)9(23)24-6-5-7(20)25-13(18,19)12(16,17)11(14,15)8(21)22/h4-6H2,1-3H3,(H,21,22)/p-1. The fraction of sp³-hybridized carbons (Fsp3) is 0.769. The van der Waals surface area contributed by atoms with Crippen LogP contribution in [0.4, 0.5) is 26.3 Å². The number of aliphatic carboxylic acids is 1. The van der Waals surface area contributed by atoms with Crippen LogP contribution in [0.3, 0.4) is 0 Å². The van der Waals surface area contributed by atoms with Crippen molar-refractivity contribution in [2.45, 2.75) is 51.6 Å². The van der Waals surface area contributed by atoms with E-state index in [4.69, 9.17) is 0 Å². The van der Waals surface area contributed by atoms with Gasteiger partial charge in [0.2, 0.25) is 0 Å². The third kappa shape index (κ3) is 4.98. The first-order valence-electron chi connectivity index (χ1n) is 6.77. The summed E-state index contributed by atoms with van der Waals surface area (Å²) in [5.41, 5.74) is -0.961. The average Bonchev–Trinajstić information content (AvgIpc) is 2.45. The summed E-state index contributed by atoms with van der Waals surface area (Å²) in [6.45, 7) is 3.75. The molecular weight excluding hydrogens is 366 g/mol. The van der Waals surface area contributed by atoms with Gasteiger partial charge in [-0.25, -0.2) is 0 Å². The highest BCUT2D eigenvalue weighted by Crippen LogP contribution is 2.46. The molecule has 0 aromatic rings. The van der Waals surface area contributed by atoms with E-state index in [0.717, 1.165) is 0 Å². The monoisotopic (exact) mass is 381 g/mol. The molecule has 0 aliphatic heterocycles. The molecule has 0 amide bonds. The summed E-state index contributed by atoms with van der Waals surface area (Å²) >= 11 is 0. The van der Waals surface area contributed by atoms with E-state index >= 15 is 0 Å². The summed E-state index contributed by atoms with van der Waals surface area (Å²) in [6, 6.07) is 0. The second-order valence-corrected chi connectivity index (χ2v) is 5.55. The number of carboxylic acids is 1. The number of rotatable bonds is 9. The quantitative estimate of drug-likeness (QED) is 0.444. The van der Waals surface area contributed by atoms with Crippen molar-refractivity contribution in [3.8, 4) is 0 Å². The third-order valence-corrected chi connectivity index (χ3v) is 3.23. The van der Waals surface area contributed by atoms with Gasteiger partial charge in [0.1, 0.15) is 12.6 Å². The van der Waals surface area contributed by atoms with Crippen LogP contribution in [-0.2, 0) is 23.9 Å². The minimum Gasteiger partial charge on any atom is -0.544 e. The van der Waals surface area contributed by atoms with Gasteiger partial charge in [-0.1, -0.05) is 6.92 Å². The van der Waals surface area contributed by atoms with Gasteiger partial charge in [-0.15, -0.1) is 0 Å². The fourth-order valence-corrected chi connectivity index (χ4v) is 1.14. The van der Waals surface area contributed by atoms with Crippen molar-refractivity contribution in [1.82, 2.24) is 0 Å². The molecule has 0 saturated heterocycles. The third-order valence-electron chi connectivity index (χ3n) is 3.23. The molecule has 0 aromatic heterocycles. The summed E-state index contributed by atoms with van der Waals surface area (Å²) in [5, 5.41) is 9.90. The van der Waals surface area contributed by atoms with Crippen LogP contribution in [0.15, 0.2) is 0 Å². The first kappa shape index (κ1) is 23.0. The predicted molar refractivity (Wildman–Crippen MR) is 65.6 cm³/mol. The number of hydrogen-bond acceptors (Lipinski definition) is 6. The summed E-state index contributed by atoms with van der Waals surface area (Å²) in [4.78, 5) is 32.5. The van der Waals surface area contributed by atoms with E-state index in [9.17, 15) is 45.8 Å². The van der Waals surface area contributed by atoms with Crippen molar-refractivity contribution in [2.24, 2.45) is 5.41 Å². The van der Waals surface area contributed by atoms with Gasteiger partial charge in [0.05, 0.1) is 11.8 Å². The first-order valence-corrected chi connectivity index (χ1v) is 6.77. The second kappa shape index (κ2) is 7.48. The normalized spacial score (nSPS) is 13.3. The Balaban J connectivity index is 4.84. The molecule has 6 nitrogen and oxygen atoms in total. The van der Waals surface area contributed by atoms with Crippen molar-refractivity contribution in [3.63, 3.8) is 0 Å². The lowest BCUT2D eigenvalue weighted by Crippen LogP contribution is -2.62. The lowest BCUT2D eigenvalue weighted by atomic mass is 9.91. The lowest BCUT2D eigenvalue weighted by Gasteiger charge is -2.31. The largest absolute Gasteiger partial charge is 0.544 e. The van der Waals surface area contributed by atoms with Crippen LogP contribution >= 0.6 is 0 Å². The molecule has 0 aliphatic carbocycles. The van der Waals surface area contributed by atoms with Gasteiger partial charge in [0.15, 0.2) is 0 Å². The lowest BCUT2D eigenvalue weighted by molar-refractivity contribution is -0.404. The van der Waals surface area contributed by atoms with Crippen LogP contribution in [0.1, 0.15) is 33.6 Å². The zero-order valence-corrected chi connectivity index (χ0v) is 13.3. The number of hydrogen-bond donors (Lipinski definition) is 0. The molecule has 0 bridgehead atoms. The average molecular weight is 381 g/mol. The van der Waals surface area contributed by atoms with Crippen LogP contribution in [0.25, 0.3) is 0 Å². The molecule has 0 fully saturated rings. The zero-order valence-electron chi connectivity index (χ0n) is 13.3. The maximum Gasteiger partial charge on any atom is 0.473 e. The highest BCUT2D eigenvalue weighted by molar-refractivity contribution is 5.77. The minimum atomic E-state index is -6.56. The summed E-state index contributed by atoms with van der Waals surface area (Å²) in [6.07, 6.45) is -6.95. The zero-order chi connectivity index (χ0) is 20.3. The smallest absolute Gasteiger partial charge is 0.473 e. The van der Waals surface area contributed by atoms with Gasteiger partial charge >= 0.3 is 29.9 Å². The molecule has 0 radical (unpaired) electrons.